The van der Waals surface area contributed by atoms with Crippen molar-refractivity contribution in [1.29, 1.82) is 0 Å². The number of hydrogen-bond donors (Lipinski definition) is 1. The quantitative estimate of drug-likeness (QED) is 0.513. The summed E-state index contributed by atoms with van der Waals surface area (Å²) in [5.74, 6) is 0. The molecule has 92 valence electrons. The molecule has 0 unspecified atom stereocenters. The Kier molecular flexibility index (Phi) is 9.45. The van der Waals surface area contributed by atoms with Crippen LogP contribution >= 0.6 is 69.6 Å². The second kappa shape index (κ2) is 8.27. The van der Waals surface area contributed by atoms with Crippen LogP contribution in [-0.4, -0.2) is 49.5 Å². The highest BCUT2D eigenvalue weighted by molar-refractivity contribution is 7.04. The van der Waals surface area contributed by atoms with E-state index in [1.165, 1.54) is 0 Å². The molecular formula is C6H13Cl6NSi2. The van der Waals surface area contributed by atoms with Crippen molar-refractivity contribution in [1.82, 2.24) is 4.65 Å². The van der Waals surface area contributed by atoms with Crippen LogP contribution in [0.5, 0.6) is 0 Å². The van der Waals surface area contributed by atoms with Crippen LogP contribution in [0.2, 0.25) is 0 Å². The molecule has 9 heteroatoms. The first kappa shape index (κ1) is 17.1. The topological polar surface area (TPSA) is 12.0 Å². The molecule has 0 bridgehead atoms. The van der Waals surface area contributed by atoms with Gasteiger partial charge in [-0.25, -0.2) is 0 Å². The smallest absolute Gasteiger partial charge is 0.163 e. The standard InChI is InChI=1S/C6H13Cl6NSi2/c7-1-14(2-8,3-9)13-15(4-10,5-11)6-12/h13H,1-6H2. The molecule has 0 radical (unpaired) electrons. The van der Waals surface area contributed by atoms with E-state index in [0.29, 0.717) is 33.0 Å². The molecular weight excluding hydrogens is 355 g/mol. The van der Waals surface area contributed by atoms with Gasteiger partial charge in [0.1, 0.15) is 0 Å². The van der Waals surface area contributed by atoms with E-state index in [0.717, 1.165) is 0 Å². The molecule has 0 aromatic carbocycles. The van der Waals surface area contributed by atoms with Crippen LogP contribution in [0.3, 0.4) is 0 Å². The lowest BCUT2D eigenvalue weighted by Crippen LogP contribution is -2.72. The molecule has 0 rings (SSSR count). The summed E-state index contributed by atoms with van der Waals surface area (Å²) in [7, 11) is -4.12. The fourth-order valence-electron chi connectivity index (χ4n) is 0.977. The Balaban J connectivity index is 4.74. The van der Waals surface area contributed by atoms with Crippen LogP contribution in [0.25, 0.3) is 0 Å². The van der Waals surface area contributed by atoms with Gasteiger partial charge in [0, 0.05) is 33.0 Å². The average Bonchev–Trinajstić information content (AvgIpc) is 2.33. The van der Waals surface area contributed by atoms with Gasteiger partial charge in [0.25, 0.3) is 0 Å². The summed E-state index contributed by atoms with van der Waals surface area (Å²) < 4.78 is 3.47. The molecule has 0 amide bonds. The van der Waals surface area contributed by atoms with Gasteiger partial charge in [-0.2, -0.15) is 0 Å². The number of rotatable bonds is 8. The van der Waals surface area contributed by atoms with Gasteiger partial charge in [-0.05, 0) is 0 Å². The minimum atomic E-state index is -2.06. The SMILES string of the molecule is ClC[Si](CCl)(CCl)N[Si](CCl)(CCl)CCl. The van der Waals surface area contributed by atoms with E-state index in [1.54, 1.807) is 0 Å². The van der Waals surface area contributed by atoms with Crippen LogP contribution in [-0.2, 0) is 0 Å². The summed E-state index contributed by atoms with van der Waals surface area (Å²) >= 11 is 35.5. The van der Waals surface area contributed by atoms with Gasteiger partial charge in [-0.1, -0.05) is 0 Å². The van der Waals surface area contributed by atoms with Crippen LogP contribution in [0.4, 0.5) is 0 Å². The molecule has 0 aromatic rings. The van der Waals surface area contributed by atoms with Crippen molar-refractivity contribution in [2.75, 3.05) is 33.0 Å². The van der Waals surface area contributed by atoms with Crippen LogP contribution in [0, 0.1) is 0 Å². The van der Waals surface area contributed by atoms with Gasteiger partial charge in [0.2, 0.25) is 0 Å². The van der Waals surface area contributed by atoms with E-state index < -0.39 is 16.5 Å². The number of nitrogens with one attached hydrogen (secondary N) is 1. The molecule has 0 saturated heterocycles. The summed E-state index contributed by atoms with van der Waals surface area (Å²) in [5.41, 5.74) is 2.66. The highest BCUT2D eigenvalue weighted by Gasteiger charge is 2.41. The number of alkyl halides is 6. The third-order valence-corrected chi connectivity index (χ3v) is 18.6. The molecule has 0 atom stereocenters. The zero-order chi connectivity index (χ0) is 11.9. The first-order valence-electron chi connectivity index (χ1n) is 4.22. The monoisotopic (exact) mass is 365 g/mol. The van der Waals surface area contributed by atoms with E-state index in [1.807, 2.05) is 0 Å². The molecule has 15 heavy (non-hydrogen) atoms. The lowest BCUT2D eigenvalue weighted by molar-refractivity contribution is 1.25. The maximum absolute atomic E-state index is 5.92. The molecule has 0 fully saturated rings. The first-order valence-corrected chi connectivity index (χ1v) is 12.7. The lowest BCUT2D eigenvalue weighted by atomic mass is 11.8. The maximum atomic E-state index is 5.92. The zero-order valence-corrected chi connectivity index (χ0v) is 14.5. The Morgan fingerprint density at radius 2 is 0.733 bits per heavy atom. The molecule has 0 aliphatic heterocycles. The summed E-state index contributed by atoms with van der Waals surface area (Å²) in [6, 6.07) is 0. The van der Waals surface area contributed by atoms with E-state index in [2.05, 4.69) is 4.65 Å². The highest BCUT2D eigenvalue weighted by Crippen LogP contribution is 2.15. The van der Waals surface area contributed by atoms with Crippen molar-refractivity contribution in [3.8, 4) is 0 Å². The first-order chi connectivity index (χ1) is 7.07. The van der Waals surface area contributed by atoms with Crippen molar-refractivity contribution in [3.05, 3.63) is 0 Å². The van der Waals surface area contributed by atoms with Gasteiger partial charge in [0.15, 0.2) is 16.5 Å². The van der Waals surface area contributed by atoms with Gasteiger partial charge in [-0.15, -0.1) is 69.6 Å². The van der Waals surface area contributed by atoms with Crippen molar-refractivity contribution in [2.24, 2.45) is 0 Å². The molecule has 0 heterocycles. The van der Waals surface area contributed by atoms with Gasteiger partial charge in [0.05, 0.1) is 0 Å². The van der Waals surface area contributed by atoms with Crippen molar-refractivity contribution in [3.63, 3.8) is 0 Å². The van der Waals surface area contributed by atoms with Crippen molar-refractivity contribution in [2.45, 2.75) is 0 Å². The molecule has 0 aromatic heterocycles. The number of hydrogen-bond acceptors (Lipinski definition) is 1. The molecule has 1 N–H and O–H groups in total. The summed E-state index contributed by atoms with van der Waals surface area (Å²) in [5, 5.41) is 0. The number of halogens is 6. The Labute approximate surface area is 123 Å². The Hall–Kier alpha value is 2.13. The second-order valence-corrected chi connectivity index (χ2v) is 16.0. The van der Waals surface area contributed by atoms with Crippen LogP contribution in [0.15, 0.2) is 0 Å². The normalized spacial score (nSPS) is 13.2. The third kappa shape index (κ3) is 4.72. The van der Waals surface area contributed by atoms with Crippen LogP contribution in [0.1, 0.15) is 0 Å². The predicted octanol–water partition coefficient (Wildman–Crippen LogP) is 3.14. The Morgan fingerprint density at radius 1 is 0.533 bits per heavy atom. The Bertz CT molecular complexity index is 140. The van der Waals surface area contributed by atoms with Gasteiger partial charge in [-0.3, -0.25) is 0 Å². The molecule has 0 spiro atoms. The average molecular weight is 368 g/mol. The van der Waals surface area contributed by atoms with E-state index in [-0.39, 0.29) is 0 Å². The zero-order valence-electron chi connectivity index (χ0n) is 8.01. The van der Waals surface area contributed by atoms with Gasteiger partial charge < -0.3 is 4.65 Å². The summed E-state index contributed by atoms with van der Waals surface area (Å²) in [6.07, 6.45) is 0. The van der Waals surface area contributed by atoms with Crippen molar-refractivity contribution < 1.29 is 0 Å². The lowest BCUT2D eigenvalue weighted by Gasteiger charge is -2.37. The molecule has 0 aliphatic carbocycles. The van der Waals surface area contributed by atoms with Crippen LogP contribution < -0.4 is 4.65 Å². The minimum Gasteiger partial charge on any atom is -0.354 e. The van der Waals surface area contributed by atoms with E-state index >= 15 is 0 Å². The predicted molar refractivity (Wildman–Crippen MR) is 79.0 cm³/mol. The Morgan fingerprint density at radius 3 is 0.867 bits per heavy atom. The second-order valence-electron chi connectivity index (χ2n) is 3.49. The van der Waals surface area contributed by atoms with Gasteiger partial charge >= 0.3 is 0 Å². The highest BCUT2D eigenvalue weighted by atomic mass is 35.5. The summed E-state index contributed by atoms with van der Waals surface area (Å²) in [4.78, 5) is 0. The van der Waals surface area contributed by atoms with Crippen molar-refractivity contribution >= 4 is 86.1 Å². The summed E-state index contributed by atoms with van der Waals surface area (Å²) in [6.45, 7) is 0. The molecule has 1 nitrogen and oxygen atoms in total. The molecule has 0 aliphatic rings. The largest absolute Gasteiger partial charge is 0.354 e. The fourth-order valence-corrected chi connectivity index (χ4v) is 16.3. The van der Waals surface area contributed by atoms with E-state index in [4.69, 9.17) is 69.6 Å². The minimum absolute atomic E-state index is 0.444. The van der Waals surface area contributed by atoms with E-state index in [9.17, 15) is 0 Å². The fraction of sp³-hybridized carbons (Fsp3) is 1.00. The maximum Gasteiger partial charge on any atom is 0.163 e. The molecule has 0 saturated carbocycles. The third-order valence-electron chi connectivity index (χ3n) is 2.07.